The van der Waals surface area contributed by atoms with Gasteiger partial charge in [-0.05, 0) is 106 Å². The van der Waals surface area contributed by atoms with Gasteiger partial charge in [-0.3, -0.25) is 14.6 Å². The number of likely N-dealkylation sites (tertiary alicyclic amines) is 1. The molecule has 0 aromatic carbocycles. The van der Waals surface area contributed by atoms with Crippen LogP contribution in [0.25, 0.3) is 0 Å². The van der Waals surface area contributed by atoms with Crippen LogP contribution < -0.4 is 10.3 Å². The molecule has 5 heterocycles. The van der Waals surface area contributed by atoms with E-state index in [2.05, 4.69) is 70.1 Å². The number of rotatable bonds is 8. The van der Waals surface area contributed by atoms with E-state index in [9.17, 15) is 4.79 Å². The van der Waals surface area contributed by atoms with E-state index in [0.717, 1.165) is 68.4 Å². The molecule has 0 amide bonds. The second kappa shape index (κ2) is 11.7. The summed E-state index contributed by atoms with van der Waals surface area (Å²) in [7, 11) is 1.68. The Hall–Kier alpha value is -2.48. The molecule has 2 aliphatic rings. The summed E-state index contributed by atoms with van der Waals surface area (Å²) in [5.41, 5.74) is 7.33. The van der Waals surface area contributed by atoms with Gasteiger partial charge < -0.3 is 9.72 Å². The number of nitrogens with one attached hydrogen (secondary N) is 1. The van der Waals surface area contributed by atoms with E-state index in [0.29, 0.717) is 11.8 Å². The Bertz CT molecular complexity index is 1320. The Morgan fingerprint density at radius 2 is 1.92 bits per heavy atom. The number of aryl methyl sites for hydroxylation is 2. The minimum absolute atomic E-state index is 0.0662. The fourth-order valence-corrected chi connectivity index (χ4v) is 8.14. The molecule has 1 fully saturated rings. The number of ether oxygens (including phenoxy) is 1. The summed E-state index contributed by atoms with van der Waals surface area (Å²) in [6.07, 6.45) is 6.65. The van der Waals surface area contributed by atoms with Crippen molar-refractivity contribution in [2.45, 2.75) is 78.9 Å². The molecule has 3 aromatic rings. The van der Waals surface area contributed by atoms with Gasteiger partial charge in [0.15, 0.2) is 0 Å². The molecule has 0 aliphatic carbocycles. The fraction of sp³-hybridized carbons (Fsp3) is 0.548. The van der Waals surface area contributed by atoms with E-state index in [1.807, 2.05) is 13.1 Å². The van der Waals surface area contributed by atoms with Gasteiger partial charge in [-0.1, -0.05) is 6.92 Å². The summed E-state index contributed by atoms with van der Waals surface area (Å²) in [6, 6.07) is 6.24. The number of piperidine rings is 1. The van der Waals surface area contributed by atoms with E-state index in [-0.39, 0.29) is 5.56 Å². The average molecular weight is 535 g/mol. The number of aromatic nitrogens is 2. The van der Waals surface area contributed by atoms with Crippen molar-refractivity contribution >= 4 is 11.3 Å². The molecule has 1 N–H and O–H groups in total. The number of pyridine rings is 2. The quantitative estimate of drug-likeness (QED) is 0.400. The first-order chi connectivity index (χ1) is 18.4. The van der Waals surface area contributed by atoms with Crippen LogP contribution in [-0.4, -0.2) is 46.5 Å². The molecule has 2 aliphatic heterocycles. The molecule has 6 nitrogen and oxygen atoms in total. The Kier molecular flexibility index (Phi) is 8.36. The summed E-state index contributed by atoms with van der Waals surface area (Å²) in [5.74, 6) is 2.08. The third-order valence-corrected chi connectivity index (χ3v) is 10.2. The fourth-order valence-electron chi connectivity index (χ4n) is 6.55. The Labute approximate surface area is 231 Å². The lowest BCUT2D eigenvalue weighted by atomic mass is 9.80. The number of fused-ring (bicyclic) bond motifs is 1. The number of hydrogen-bond acceptors (Lipinski definition) is 6. The molecular formula is C31H42N4O2S. The van der Waals surface area contributed by atoms with E-state index < -0.39 is 0 Å². The van der Waals surface area contributed by atoms with Crippen molar-refractivity contribution in [3.8, 4) is 5.88 Å². The third-order valence-electron chi connectivity index (χ3n) is 8.70. The van der Waals surface area contributed by atoms with Crippen molar-refractivity contribution in [3.05, 3.63) is 78.0 Å². The predicted molar refractivity (Wildman–Crippen MR) is 155 cm³/mol. The Morgan fingerprint density at radius 1 is 1.13 bits per heavy atom. The second-order valence-electron chi connectivity index (χ2n) is 11.2. The predicted octanol–water partition coefficient (Wildman–Crippen LogP) is 5.73. The molecule has 0 bridgehead atoms. The highest BCUT2D eigenvalue weighted by molar-refractivity contribution is 7.12. The lowest BCUT2D eigenvalue weighted by Crippen LogP contribution is -2.35. The van der Waals surface area contributed by atoms with Crippen molar-refractivity contribution in [1.82, 2.24) is 19.8 Å². The highest BCUT2D eigenvalue weighted by atomic mass is 32.1. The minimum Gasteiger partial charge on any atom is -0.481 e. The van der Waals surface area contributed by atoms with E-state index >= 15 is 0 Å². The number of H-pyrrole nitrogens is 1. The van der Waals surface area contributed by atoms with Gasteiger partial charge in [0.25, 0.3) is 5.56 Å². The zero-order valence-corrected chi connectivity index (χ0v) is 24.4. The first-order valence-corrected chi connectivity index (χ1v) is 14.9. The zero-order chi connectivity index (χ0) is 26.8. The molecule has 1 atom stereocenters. The van der Waals surface area contributed by atoms with Crippen LogP contribution in [0.15, 0.2) is 29.2 Å². The lowest BCUT2D eigenvalue weighted by molar-refractivity contribution is 0.160. The van der Waals surface area contributed by atoms with Gasteiger partial charge in [0, 0.05) is 59.5 Å². The first kappa shape index (κ1) is 27.1. The standard InChI is InChI=1S/C31H42N4O2S/c1-6-25(24-8-12-34(13-9-24)17-23-7-11-32-29(16-23)37-5)30-22(4)27-19-35(14-10-28(27)38-30)18-26-20(2)15-21(3)33-31(26)36/h7,11,15-16,24-25H,6,8-10,12-14,17-19H2,1-5H3,(H,33,36)/t25-/m1/s1. The monoisotopic (exact) mass is 534 g/mol. The van der Waals surface area contributed by atoms with Gasteiger partial charge in [0.1, 0.15) is 0 Å². The van der Waals surface area contributed by atoms with Crippen molar-refractivity contribution in [3.63, 3.8) is 0 Å². The highest BCUT2D eigenvalue weighted by Crippen LogP contribution is 2.44. The van der Waals surface area contributed by atoms with Gasteiger partial charge in [-0.2, -0.15) is 0 Å². The molecule has 0 radical (unpaired) electrons. The molecule has 1 saturated heterocycles. The maximum absolute atomic E-state index is 12.6. The zero-order valence-electron chi connectivity index (χ0n) is 23.6. The first-order valence-electron chi connectivity index (χ1n) is 14.1. The second-order valence-corrected chi connectivity index (χ2v) is 12.4. The summed E-state index contributed by atoms with van der Waals surface area (Å²) in [5, 5.41) is 0. The highest BCUT2D eigenvalue weighted by Gasteiger charge is 2.32. The SMILES string of the molecule is CC[C@@H](c1sc2c(c1C)CN(Cc1c(C)cc(C)[nH]c1=O)CC2)C1CCN(Cc2ccnc(OC)c2)CC1. The summed E-state index contributed by atoms with van der Waals surface area (Å²) in [6.45, 7) is 14.7. The number of aromatic amines is 1. The largest absolute Gasteiger partial charge is 0.481 e. The summed E-state index contributed by atoms with van der Waals surface area (Å²) >= 11 is 2.08. The number of nitrogens with zero attached hydrogens (tertiary/aromatic N) is 3. The van der Waals surface area contributed by atoms with Crippen LogP contribution in [0.3, 0.4) is 0 Å². The molecule has 0 spiro atoms. The molecule has 38 heavy (non-hydrogen) atoms. The van der Waals surface area contributed by atoms with Gasteiger partial charge in [0.2, 0.25) is 5.88 Å². The van der Waals surface area contributed by atoms with Crippen LogP contribution in [0.2, 0.25) is 0 Å². The topological polar surface area (TPSA) is 61.5 Å². The van der Waals surface area contributed by atoms with Crippen LogP contribution >= 0.6 is 11.3 Å². The number of hydrogen-bond donors (Lipinski definition) is 1. The van der Waals surface area contributed by atoms with Gasteiger partial charge in [-0.25, -0.2) is 4.98 Å². The van der Waals surface area contributed by atoms with Gasteiger partial charge >= 0.3 is 0 Å². The molecular weight excluding hydrogens is 492 g/mol. The Morgan fingerprint density at radius 3 is 2.63 bits per heavy atom. The van der Waals surface area contributed by atoms with Crippen molar-refractivity contribution in [2.24, 2.45) is 5.92 Å². The maximum atomic E-state index is 12.6. The Balaban J connectivity index is 1.24. The van der Waals surface area contributed by atoms with Crippen LogP contribution in [0.5, 0.6) is 5.88 Å². The van der Waals surface area contributed by atoms with E-state index in [1.54, 1.807) is 16.9 Å². The normalized spacial score (nSPS) is 17.9. The molecule has 204 valence electrons. The molecule has 3 aromatic heterocycles. The molecule has 0 saturated carbocycles. The van der Waals surface area contributed by atoms with Crippen LogP contribution in [0.4, 0.5) is 0 Å². The van der Waals surface area contributed by atoms with E-state index in [1.165, 1.54) is 36.0 Å². The lowest BCUT2D eigenvalue weighted by Gasteiger charge is -2.36. The smallest absolute Gasteiger partial charge is 0.252 e. The maximum Gasteiger partial charge on any atom is 0.252 e. The molecule has 5 rings (SSSR count). The van der Waals surface area contributed by atoms with Crippen LogP contribution in [-0.2, 0) is 26.1 Å². The molecule has 7 heteroatoms. The minimum atomic E-state index is 0.0662. The van der Waals surface area contributed by atoms with Gasteiger partial charge in [0.05, 0.1) is 7.11 Å². The number of thiophene rings is 1. The third kappa shape index (κ3) is 5.75. The van der Waals surface area contributed by atoms with Crippen molar-refractivity contribution in [1.29, 1.82) is 0 Å². The van der Waals surface area contributed by atoms with Crippen molar-refractivity contribution in [2.75, 3.05) is 26.7 Å². The van der Waals surface area contributed by atoms with Gasteiger partial charge in [-0.15, -0.1) is 11.3 Å². The average Bonchev–Trinajstić information content (AvgIpc) is 3.23. The summed E-state index contributed by atoms with van der Waals surface area (Å²) < 4.78 is 5.31. The number of methoxy groups -OCH3 is 1. The van der Waals surface area contributed by atoms with Crippen LogP contribution in [0.1, 0.15) is 75.4 Å². The van der Waals surface area contributed by atoms with Crippen LogP contribution in [0, 0.1) is 26.7 Å². The summed E-state index contributed by atoms with van der Waals surface area (Å²) in [4.78, 5) is 28.1. The van der Waals surface area contributed by atoms with Crippen molar-refractivity contribution < 1.29 is 4.74 Å². The molecule has 0 unspecified atom stereocenters. The van der Waals surface area contributed by atoms with E-state index in [4.69, 9.17) is 4.74 Å².